The molecule has 1 atom stereocenters. The fourth-order valence-electron chi connectivity index (χ4n) is 1.91. The van der Waals surface area contributed by atoms with E-state index in [1.54, 1.807) is 36.4 Å². The van der Waals surface area contributed by atoms with Gasteiger partial charge in [0.25, 0.3) is 0 Å². The second-order valence-electron chi connectivity index (χ2n) is 4.37. The molecule has 0 fully saturated rings. The molecule has 1 amide bonds. The number of anilines is 1. The van der Waals surface area contributed by atoms with E-state index < -0.39 is 24.3 Å². The zero-order valence-electron chi connectivity index (χ0n) is 10.5. The van der Waals surface area contributed by atoms with E-state index in [0.29, 0.717) is 16.5 Å². The molecule has 0 radical (unpaired) electrons. The minimum absolute atomic E-state index is 0.105. The monoisotopic (exact) mass is 274 g/mol. The van der Waals surface area contributed by atoms with E-state index in [9.17, 15) is 14.7 Å². The Hall–Kier alpha value is -2.60. The van der Waals surface area contributed by atoms with Crippen LogP contribution in [0.2, 0.25) is 0 Å². The molecule has 20 heavy (non-hydrogen) atoms. The maximum absolute atomic E-state index is 11.8. The van der Waals surface area contributed by atoms with Gasteiger partial charge in [0.05, 0.1) is 12.5 Å². The molecule has 0 saturated heterocycles. The van der Waals surface area contributed by atoms with Crippen LogP contribution in [0.4, 0.5) is 5.69 Å². The average Bonchev–Trinajstić information content (AvgIpc) is 2.39. The second kappa shape index (κ2) is 5.58. The average molecular weight is 274 g/mol. The summed E-state index contributed by atoms with van der Waals surface area (Å²) in [7, 11) is 0. The summed E-state index contributed by atoms with van der Waals surface area (Å²) in [5, 5.41) is 22.2. The Bertz CT molecular complexity index is 669. The van der Waals surface area contributed by atoms with Crippen molar-refractivity contribution in [3.8, 4) is 5.75 Å². The number of nitrogens with one attached hydrogen (secondary N) is 1. The number of phenols is 1. The van der Waals surface area contributed by atoms with Gasteiger partial charge in [0.15, 0.2) is 0 Å². The van der Waals surface area contributed by atoms with Gasteiger partial charge in [-0.25, -0.2) is 0 Å². The highest BCUT2D eigenvalue weighted by Crippen LogP contribution is 2.29. The number of rotatable bonds is 4. The van der Waals surface area contributed by atoms with Crippen molar-refractivity contribution in [1.29, 1.82) is 0 Å². The molecule has 6 nitrogen and oxygen atoms in total. The van der Waals surface area contributed by atoms with Crippen LogP contribution < -0.4 is 11.1 Å². The number of amides is 1. The molecule has 0 aliphatic heterocycles. The highest BCUT2D eigenvalue weighted by atomic mass is 16.4. The van der Waals surface area contributed by atoms with Crippen molar-refractivity contribution in [2.24, 2.45) is 5.73 Å². The van der Waals surface area contributed by atoms with Crippen LogP contribution in [0.3, 0.4) is 0 Å². The van der Waals surface area contributed by atoms with Gasteiger partial charge in [-0.15, -0.1) is 0 Å². The Labute approximate surface area is 114 Å². The van der Waals surface area contributed by atoms with E-state index in [-0.39, 0.29) is 5.75 Å². The molecule has 0 aromatic heterocycles. The minimum Gasteiger partial charge on any atom is -0.507 e. The molecule has 2 aromatic rings. The Balaban J connectivity index is 2.28. The number of carboxylic acids is 1. The van der Waals surface area contributed by atoms with Crippen molar-refractivity contribution in [2.45, 2.75) is 12.5 Å². The number of nitrogens with two attached hydrogens (primary N) is 1. The number of aliphatic carboxylic acids is 1. The van der Waals surface area contributed by atoms with Crippen molar-refractivity contribution in [1.82, 2.24) is 0 Å². The molecule has 0 spiro atoms. The summed E-state index contributed by atoms with van der Waals surface area (Å²) in [6, 6.07) is 8.88. The summed E-state index contributed by atoms with van der Waals surface area (Å²) < 4.78 is 0. The van der Waals surface area contributed by atoms with Gasteiger partial charge < -0.3 is 21.3 Å². The molecule has 104 valence electrons. The van der Waals surface area contributed by atoms with Crippen LogP contribution >= 0.6 is 0 Å². The molecule has 1 unspecified atom stereocenters. The first-order valence-corrected chi connectivity index (χ1v) is 5.98. The number of carbonyl (C=O) groups excluding carboxylic acids is 1. The standard InChI is InChI=1S/C14H14N2O4/c15-10(7-13(18)19)14(20)16-11-5-1-4-9-8(11)3-2-6-12(9)17/h1-6,10,17H,7,15H2,(H,16,20)(H,18,19). The van der Waals surface area contributed by atoms with E-state index in [4.69, 9.17) is 10.8 Å². The first kappa shape index (κ1) is 13.8. The second-order valence-corrected chi connectivity index (χ2v) is 4.37. The van der Waals surface area contributed by atoms with E-state index >= 15 is 0 Å². The summed E-state index contributed by atoms with van der Waals surface area (Å²) >= 11 is 0. The van der Waals surface area contributed by atoms with Crippen molar-refractivity contribution >= 4 is 28.3 Å². The summed E-state index contributed by atoms with van der Waals surface area (Å²) in [4.78, 5) is 22.3. The van der Waals surface area contributed by atoms with Gasteiger partial charge >= 0.3 is 5.97 Å². The Morgan fingerprint density at radius 3 is 2.50 bits per heavy atom. The molecule has 6 heteroatoms. The molecule has 0 saturated carbocycles. The van der Waals surface area contributed by atoms with Gasteiger partial charge in [0, 0.05) is 16.5 Å². The summed E-state index contributed by atoms with van der Waals surface area (Å²) in [5.74, 6) is -1.61. The van der Waals surface area contributed by atoms with Crippen LogP contribution in [-0.4, -0.2) is 28.1 Å². The van der Waals surface area contributed by atoms with Gasteiger partial charge in [-0.3, -0.25) is 9.59 Å². The first-order chi connectivity index (χ1) is 9.49. The highest BCUT2D eigenvalue weighted by Gasteiger charge is 2.17. The summed E-state index contributed by atoms with van der Waals surface area (Å²) in [6.45, 7) is 0. The number of benzene rings is 2. The van der Waals surface area contributed by atoms with Crippen LogP contribution in [0, 0.1) is 0 Å². The third-order valence-corrected chi connectivity index (χ3v) is 2.89. The number of hydrogen-bond donors (Lipinski definition) is 4. The largest absolute Gasteiger partial charge is 0.507 e. The topological polar surface area (TPSA) is 113 Å². The van der Waals surface area contributed by atoms with Crippen LogP contribution in [0.5, 0.6) is 5.75 Å². The number of aromatic hydroxyl groups is 1. The van der Waals surface area contributed by atoms with Crippen molar-refractivity contribution in [3.05, 3.63) is 36.4 Å². The predicted octanol–water partition coefficient (Wildman–Crippen LogP) is 1.29. The molecule has 5 N–H and O–H groups in total. The van der Waals surface area contributed by atoms with Crippen molar-refractivity contribution in [3.63, 3.8) is 0 Å². The zero-order chi connectivity index (χ0) is 14.7. The Kier molecular flexibility index (Phi) is 3.86. The molecule has 2 rings (SSSR count). The molecule has 0 aliphatic carbocycles. The lowest BCUT2D eigenvalue weighted by atomic mass is 10.1. The van der Waals surface area contributed by atoms with Crippen LogP contribution in [0.25, 0.3) is 10.8 Å². The Morgan fingerprint density at radius 2 is 1.80 bits per heavy atom. The lowest BCUT2D eigenvalue weighted by molar-refractivity contribution is -0.138. The predicted molar refractivity (Wildman–Crippen MR) is 74.5 cm³/mol. The van der Waals surface area contributed by atoms with Gasteiger partial charge in [-0.2, -0.15) is 0 Å². The van der Waals surface area contributed by atoms with E-state index in [1.165, 1.54) is 0 Å². The van der Waals surface area contributed by atoms with Crippen molar-refractivity contribution < 1.29 is 19.8 Å². The molecular formula is C14H14N2O4. The smallest absolute Gasteiger partial charge is 0.305 e. The normalized spacial score (nSPS) is 12.1. The first-order valence-electron chi connectivity index (χ1n) is 5.98. The van der Waals surface area contributed by atoms with Crippen LogP contribution in [-0.2, 0) is 9.59 Å². The lowest BCUT2D eigenvalue weighted by Gasteiger charge is -2.12. The number of hydrogen-bond acceptors (Lipinski definition) is 4. The van der Waals surface area contributed by atoms with Gasteiger partial charge in [-0.05, 0) is 12.1 Å². The van der Waals surface area contributed by atoms with E-state index in [1.807, 2.05) is 0 Å². The maximum atomic E-state index is 11.8. The number of phenolic OH excluding ortho intramolecular Hbond substituents is 1. The van der Waals surface area contributed by atoms with Crippen LogP contribution in [0.15, 0.2) is 36.4 Å². The maximum Gasteiger partial charge on any atom is 0.305 e. The van der Waals surface area contributed by atoms with E-state index in [2.05, 4.69) is 5.32 Å². The third-order valence-electron chi connectivity index (χ3n) is 2.89. The van der Waals surface area contributed by atoms with Gasteiger partial charge in [0.1, 0.15) is 5.75 Å². The van der Waals surface area contributed by atoms with E-state index in [0.717, 1.165) is 0 Å². The zero-order valence-corrected chi connectivity index (χ0v) is 10.5. The van der Waals surface area contributed by atoms with Crippen LogP contribution in [0.1, 0.15) is 6.42 Å². The SMILES string of the molecule is NC(CC(=O)O)C(=O)Nc1cccc2c(O)cccc12. The lowest BCUT2D eigenvalue weighted by Crippen LogP contribution is -2.37. The molecule has 0 heterocycles. The fraction of sp³-hybridized carbons (Fsp3) is 0.143. The molecule has 0 aliphatic rings. The number of carboxylic acid groups (broad SMARTS) is 1. The fourth-order valence-corrected chi connectivity index (χ4v) is 1.91. The summed E-state index contributed by atoms with van der Waals surface area (Å²) in [6.07, 6.45) is -0.443. The molecular weight excluding hydrogens is 260 g/mol. The third kappa shape index (κ3) is 2.86. The van der Waals surface area contributed by atoms with Crippen molar-refractivity contribution in [2.75, 3.05) is 5.32 Å². The number of fused-ring (bicyclic) bond motifs is 1. The van der Waals surface area contributed by atoms with Gasteiger partial charge in [-0.1, -0.05) is 24.3 Å². The summed E-state index contributed by atoms with van der Waals surface area (Å²) in [5.41, 5.74) is 5.97. The Morgan fingerprint density at radius 1 is 1.15 bits per heavy atom. The molecule has 2 aromatic carbocycles. The van der Waals surface area contributed by atoms with Gasteiger partial charge in [0.2, 0.25) is 5.91 Å². The number of carbonyl (C=O) groups is 2. The quantitative estimate of drug-likeness (QED) is 0.671. The highest BCUT2D eigenvalue weighted by molar-refractivity contribution is 6.05. The molecule has 0 bridgehead atoms. The minimum atomic E-state index is -1.14.